The van der Waals surface area contributed by atoms with Crippen LogP contribution in [0.25, 0.3) is 10.9 Å². The van der Waals surface area contributed by atoms with Crippen molar-refractivity contribution in [1.82, 2.24) is 20.5 Å². The number of hydrogen-bond acceptors (Lipinski definition) is 3. The van der Waals surface area contributed by atoms with E-state index in [0.717, 1.165) is 10.9 Å². The SMILES string of the molecule is CC.CNC(=O)c1cc2[nH]ncc2cn1. The Morgan fingerprint density at radius 3 is 2.80 bits per heavy atom. The second kappa shape index (κ2) is 5.09. The van der Waals surface area contributed by atoms with Crippen molar-refractivity contribution < 1.29 is 4.79 Å². The molecule has 0 atom stereocenters. The molecule has 1 amide bonds. The molecule has 0 aromatic carbocycles. The summed E-state index contributed by atoms with van der Waals surface area (Å²) in [6.45, 7) is 4.00. The number of aromatic amines is 1. The number of carbonyl (C=O) groups is 1. The average Bonchev–Trinajstić information content (AvgIpc) is 2.77. The number of carbonyl (C=O) groups excluding carboxylic acids is 1. The molecule has 0 spiro atoms. The fourth-order valence-electron chi connectivity index (χ4n) is 1.09. The van der Waals surface area contributed by atoms with Crippen molar-refractivity contribution in [1.29, 1.82) is 0 Å². The largest absolute Gasteiger partial charge is 0.354 e. The van der Waals surface area contributed by atoms with Gasteiger partial charge in [0.15, 0.2) is 0 Å². The molecule has 2 aromatic heterocycles. The molecule has 2 N–H and O–H groups in total. The van der Waals surface area contributed by atoms with Crippen LogP contribution in [-0.2, 0) is 0 Å². The van der Waals surface area contributed by atoms with Gasteiger partial charge in [0.1, 0.15) is 5.69 Å². The Bertz CT molecular complexity index is 449. The molecule has 0 aliphatic rings. The van der Waals surface area contributed by atoms with Crippen LogP contribution in [0.3, 0.4) is 0 Å². The third kappa shape index (κ3) is 2.31. The van der Waals surface area contributed by atoms with Crippen molar-refractivity contribution in [2.24, 2.45) is 0 Å². The average molecular weight is 206 g/mol. The Hall–Kier alpha value is -1.91. The van der Waals surface area contributed by atoms with Gasteiger partial charge >= 0.3 is 0 Å². The lowest BCUT2D eigenvalue weighted by Gasteiger charge is -1.97. The number of nitrogens with zero attached hydrogens (tertiary/aromatic N) is 2. The highest BCUT2D eigenvalue weighted by Gasteiger charge is 2.05. The minimum atomic E-state index is -0.198. The summed E-state index contributed by atoms with van der Waals surface area (Å²) in [5, 5.41) is 10.00. The highest BCUT2D eigenvalue weighted by atomic mass is 16.1. The van der Waals surface area contributed by atoms with Gasteiger partial charge in [0.2, 0.25) is 0 Å². The number of H-pyrrole nitrogens is 1. The molecule has 0 bridgehead atoms. The lowest BCUT2D eigenvalue weighted by Crippen LogP contribution is -2.18. The molecule has 0 aliphatic carbocycles. The van der Waals surface area contributed by atoms with Crippen LogP contribution in [0.1, 0.15) is 24.3 Å². The second-order valence-electron chi connectivity index (χ2n) is 2.61. The highest BCUT2D eigenvalue weighted by Crippen LogP contribution is 2.09. The maximum atomic E-state index is 11.2. The first-order valence-electron chi connectivity index (χ1n) is 4.82. The molecule has 0 radical (unpaired) electrons. The Morgan fingerprint density at radius 2 is 2.13 bits per heavy atom. The Kier molecular flexibility index (Phi) is 3.79. The van der Waals surface area contributed by atoms with Crippen molar-refractivity contribution in [3.8, 4) is 0 Å². The molecule has 0 aliphatic heterocycles. The van der Waals surface area contributed by atoms with Gasteiger partial charge in [-0.15, -0.1) is 0 Å². The van der Waals surface area contributed by atoms with E-state index in [9.17, 15) is 4.79 Å². The molecule has 2 heterocycles. The minimum Gasteiger partial charge on any atom is -0.354 e. The molecule has 0 saturated heterocycles. The van der Waals surface area contributed by atoms with Gasteiger partial charge in [-0.1, -0.05) is 13.8 Å². The number of aromatic nitrogens is 3. The van der Waals surface area contributed by atoms with Crippen LogP contribution in [0, 0.1) is 0 Å². The summed E-state index contributed by atoms with van der Waals surface area (Å²) in [6.07, 6.45) is 3.28. The fourth-order valence-corrected chi connectivity index (χ4v) is 1.09. The third-order valence-corrected chi connectivity index (χ3v) is 1.78. The van der Waals surface area contributed by atoms with Crippen LogP contribution in [-0.4, -0.2) is 28.1 Å². The van der Waals surface area contributed by atoms with Crippen molar-refractivity contribution in [3.63, 3.8) is 0 Å². The van der Waals surface area contributed by atoms with Gasteiger partial charge in [-0.3, -0.25) is 14.9 Å². The van der Waals surface area contributed by atoms with Gasteiger partial charge in [-0.05, 0) is 6.07 Å². The van der Waals surface area contributed by atoms with Crippen LogP contribution in [0.4, 0.5) is 0 Å². The number of amides is 1. The van der Waals surface area contributed by atoms with Gasteiger partial charge in [-0.25, -0.2) is 0 Å². The van der Waals surface area contributed by atoms with Gasteiger partial charge in [-0.2, -0.15) is 5.10 Å². The molecule has 0 unspecified atom stereocenters. The lowest BCUT2D eigenvalue weighted by molar-refractivity contribution is 0.0958. The summed E-state index contributed by atoms with van der Waals surface area (Å²) in [4.78, 5) is 15.1. The first-order valence-corrected chi connectivity index (χ1v) is 4.82. The molecule has 15 heavy (non-hydrogen) atoms. The van der Waals surface area contributed by atoms with Crippen LogP contribution >= 0.6 is 0 Å². The van der Waals surface area contributed by atoms with Gasteiger partial charge < -0.3 is 5.32 Å². The summed E-state index contributed by atoms with van der Waals surface area (Å²) in [5.74, 6) is -0.198. The predicted octanol–water partition coefficient (Wildman–Crippen LogP) is 1.34. The van der Waals surface area contributed by atoms with Crippen molar-refractivity contribution >= 4 is 16.8 Å². The van der Waals surface area contributed by atoms with Crippen LogP contribution < -0.4 is 5.32 Å². The molecule has 0 saturated carbocycles. The van der Waals surface area contributed by atoms with Crippen molar-refractivity contribution in [3.05, 3.63) is 24.2 Å². The topological polar surface area (TPSA) is 70.7 Å². The van der Waals surface area contributed by atoms with E-state index in [-0.39, 0.29) is 5.91 Å². The molecule has 5 nitrogen and oxygen atoms in total. The summed E-state index contributed by atoms with van der Waals surface area (Å²) in [5.41, 5.74) is 1.20. The summed E-state index contributed by atoms with van der Waals surface area (Å²) < 4.78 is 0. The van der Waals surface area contributed by atoms with E-state index in [2.05, 4.69) is 20.5 Å². The monoisotopic (exact) mass is 206 g/mol. The van der Waals surface area contributed by atoms with E-state index in [0.29, 0.717) is 5.69 Å². The Balaban J connectivity index is 0.000000531. The van der Waals surface area contributed by atoms with Crippen molar-refractivity contribution in [2.45, 2.75) is 13.8 Å². The standard InChI is InChI=1S/C8H8N4O.C2H6/c1-9-8(13)7-2-6-5(3-10-7)4-11-12-6;1-2/h2-4H,1H3,(H,9,13)(H,11,12);1-2H3. The molecular weight excluding hydrogens is 192 g/mol. The first-order chi connectivity index (χ1) is 7.31. The molecule has 2 aromatic rings. The third-order valence-electron chi connectivity index (χ3n) is 1.78. The summed E-state index contributed by atoms with van der Waals surface area (Å²) in [6, 6.07) is 1.67. The maximum absolute atomic E-state index is 11.2. The first kappa shape index (κ1) is 11.2. The normalized spacial score (nSPS) is 9.27. The second-order valence-corrected chi connectivity index (χ2v) is 2.61. The summed E-state index contributed by atoms with van der Waals surface area (Å²) in [7, 11) is 1.57. The number of hydrogen-bond donors (Lipinski definition) is 2. The van der Waals surface area contributed by atoms with E-state index in [1.54, 1.807) is 25.5 Å². The Labute approximate surface area is 87.9 Å². The smallest absolute Gasteiger partial charge is 0.269 e. The lowest BCUT2D eigenvalue weighted by atomic mass is 10.3. The number of pyridine rings is 1. The number of rotatable bonds is 1. The van der Waals surface area contributed by atoms with E-state index >= 15 is 0 Å². The fraction of sp³-hybridized carbons (Fsp3) is 0.300. The molecule has 80 valence electrons. The summed E-state index contributed by atoms with van der Waals surface area (Å²) >= 11 is 0. The highest BCUT2D eigenvalue weighted by molar-refractivity contribution is 5.95. The van der Waals surface area contributed by atoms with E-state index < -0.39 is 0 Å². The van der Waals surface area contributed by atoms with Gasteiger partial charge in [0.05, 0.1) is 11.7 Å². The van der Waals surface area contributed by atoms with Gasteiger partial charge in [0, 0.05) is 18.6 Å². The molecular formula is C10H14N4O. The van der Waals surface area contributed by atoms with E-state index in [1.165, 1.54) is 0 Å². The zero-order chi connectivity index (χ0) is 11.3. The van der Waals surface area contributed by atoms with E-state index in [1.807, 2.05) is 13.8 Å². The quantitative estimate of drug-likeness (QED) is 0.739. The predicted molar refractivity (Wildman–Crippen MR) is 58.6 cm³/mol. The van der Waals surface area contributed by atoms with Crippen LogP contribution in [0.15, 0.2) is 18.5 Å². The van der Waals surface area contributed by atoms with Crippen LogP contribution in [0.5, 0.6) is 0 Å². The zero-order valence-electron chi connectivity index (χ0n) is 9.03. The van der Waals surface area contributed by atoms with Gasteiger partial charge in [0.25, 0.3) is 5.91 Å². The Morgan fingerprint density at radius 1 is 1.40 bits per heavy atom. The molecule has 2 rings (SSSR count). The van der Waals surface area contributed by atoms with Crippen molar-refractivity contribution in [2.75, 3.05) is 7.05 Å². The number of nitrogens with one attached hydrogen (secondary N) is 2. The molecule has 5 heteroatoms. The van der Waals surface area contributed by atoms with E-state index in [4.69, 9.17) is 0 Å². The minimum absolute atomic E-state index is 0.198. The maximum Gasteiger partial charge on any atom is 0.269 e. The molecule has 0 fully saturated rings. The zero-order valence-corrected chi connectivity index (χ0v) is 9.03. The number of fused-ring (bicyclic) bond motifs is 1. The van der Waals surface area contributed by atoms with Crippen LogP contribution in [0.2, 0.25) is 0 Å².